The molecule has 0 aromatic rings. The zero-order valence-electron chi connectivity index (χ0n) is 11.7. The molecule has 3 heteroatoms. The third-order valence-electron chi connectivity index (χ3n) is 5.25. The van der Waals surface area contributed by atoms with E-state index in [0.717, 1.165) is 51.1 Å². The second-order valence-electron chi connectivity index (χ2n) is 6.23. The maximum absolute atomic E-state index is 12.1. The highest BCUT2D eigenvalue weighted by Gasteiger charge is 2.33. The molecule has 1 saturated heterocycles. The van der Waals surface area contributed by atoms with Crippen molar-refractivity contribution in [3.05, 3.63) is 0 Å². The fourth-order valence-corrected chi connectivity index (χ4v) is 3.12. The molecule has 0 radical (unpaired) electrons. The predicted molar refractivity (Wildman–Crippen MR) is 72.2 cm³/mol. The molecule has 0 atom stereocenters. The molecule has 0 aromatic carbocycles. The van der Waals surface area contributed by atoms with Gasteiger partial charge in [-0.25, -0.2) is 0 Å². The fourth-order valence-electron chi connectivity index (χ4n) is 3.12. The molecule has 1 saturated carbocycles. The summed E-state index contributed by atoms with van der Waals surface area (Å²) in [6.45, 7) is 4.10. The minimum absolute atomic E-state index is 0.0880. The van der Waals surface area contributed by atoms with Gasteiger partial charge in [0.1, 0.15) is 0 Å². The van der Waals surface area contributed by atoms with E-state index < -0.39 is 0 Å². The number of nitrogens with zero attached hydrogens (tertiary/aromatic N) is 1. The number of rotatable bonds is 5. The van der Waals surface area contributed by atoms with Crippen LogP contribution >= 0.6 is 0 Å². The van der Waals surface area contributed by atoms with E-state index in [1.165, 1.54) is 19.3 Å². The standard InChI is InChI=1S/C15H27NO2/c1-2-15(12-17)8-10-16(11-9-15)14(18)7-6-13-4-3-5-13/h13,17H,2-12H2,1H3. The van der Waals surface area contributed by atoms with Gasteiger partial charge in [0.05, 0.1) is 0 Å². The summed E-state index contributed by atoms with van der Waals surface area (Å²) in [5.41, 5.74) is 0.0880. The molecular formula is C15H27NO2. The van der Waals surface area contributed by atoms with Crippen LogP contribution in [-0.4, -0.2) is 35.6 Å². The number of amides is 1. The Labute approximate surface area is 111 Å². The van der Waals surface area contributed by atoms with Crippen molar-refractivity contribution in [1.82, 2.24) is 4.90 Å². The van der Waals surface area contributed by atoms with Gasteiger partial charge in [-0.1, -0.05) is 26.2 Å². The van der Waals surface area contributed by atoms with Gasteiger partial charge in [-0.3, -0.25) is 4.79 Å². The lowest BCUT2D eigenvalue weighted by Crippen LogP contribution is -2.44. The molecule has 0 bridgehead atoms. The van der Waals surface area contributed by atoms with Crippen molar-refractivity contribution < 1.29 is 9.90 Å². The summed E-state index contributed by atoms with van der Waals surface area (Å²) in [5.74, 6) is 1.16. The normalized spacial score (nSPS) is 23.8. The lowest BCUT2D eigenvalue weighted by molar-refractivity contribution is -0.134. The van der Waals surface area contributed by atoms with Crippen molar-refractivity contribution in [2.75, 3.05) is 19.7 Å². The molecule has 0 unspecified atom stereocenters. The number of aliphatic hydroxyl groups excluding tert-OH is 1. The Morgan fingerprint density at radius 3 is 2.44 bits per heavy atom. The largest absolute Gasteiger partial charge is 0.396 e. The minimum Gasteiger partial charge on any atom is -0.396 e. The lowest BCUT2D eigenvalue weighted by atomic mass is 9.77. The first-order valence-electron chi connectivity index (χ1n) is 7.58. The van der Waals surface area contributed by atoms with Gasteiger partial charge in [-0.05, 0) is 37.0 Å². The van der Waals surface area contributed by atoms with Crippen LogP contribution in [0.1, 0.15) is 58.3 Å². The van der Waals surface area contributed by atoms with Crippen LogP contribution in [0.15, 0.2) is 0 Å². The first-order valence-corrected chi connectivity index (χ1v) is 7.58. The summed E-state index contributed by atoms with van der Waals surface area (Å²) in [6, 6.07) is 0. The highest BCUT2D eigenvalue weighted by Crippen LogP contribution is 2.35. The minimum atomic E-state index is 0.0880. The first-order chi connectivity index (χ1) is 8.69. The third-order valence-corrected chi connectivity index (χ3v) is 5.25. The molecule has 1 N–H and O–H groups in total. The summed E-state index contributed by atoms with van der Waals surface area (Å²) in [6.07, 6.45) is 8.81. The van der Waals surface area contributed by atoms with Crippen LogP contribution in [0.3, 0.4) is 0 Å². The van der Waals surface area contributed by atoms with Crippen molar-refractivity contribution in [2.24, 2.45) is 11.3 Å². The van der Waals surface area contributed by atoms with Crippen molar-refractivity contribution >= 4 is 5.91 Å². The molecule has 104 valence electrons. The molecule has 2 fully saturated rings. The zero-order chi connectivity index (χ0) is 13.0. The van der Waals surface area contributed by atoms with E-state index >= 15 is 0 Å². The quantitative estimate of drug-likeness (QED) is 0.818. The molecular weight excluding hydrogens is 226 g/mol. The van der Waals surface area contributed by atoms with Gasteiger partial charge in [-0.2, -0.15) is 0 Å². The number of piperidine rings is 1. The van der Waals surface area contributed by atoms with Gasteiger partial charge in [0.15, 0.2) is 0 Å². The van der Waals surface area contributed by atoms with Crippen LogP contribution in [0.25, 0.3) is 0 Å². The maximum atomic E-state index is 12.1. The number of hydrogen-bond acceptors (Lipinski definition) is 2. The third kappa shape index (κ3) is 3.05. The summed E-state index contributed by atoms with van der Waals surface area (Å²) in [5, 5.41) is 9.48. The monoisotopic (exact) mass is 253 g/mol. The van der Waals surface area contributed by atoms with Crippen molar-refractivity contribution in [1.29, 1.82) is 0 Å². The maximum Gasteiger partial charge on any atom is 0.222 e. The fraction of sp³-hybridized carbons (Fsp3) is 0.933. The Morgan fingerprint density at radius 1 is 1.33 bits per heavy atom. The molecule has 1 aliphatic carbocycles. The van der Waals surface area contributed by atoms with Crippen LogP contribution < -0.4 is 0 Å². The van der Waals surface area contributed by atoms with Gasteiger partial charge in [-0.15, -0.1) is 0 Å². The van der Waals surface area contributed by atoms with E-state index in [9.17, 15) is 9.90 Å². The van der Waals surface area contributed by atoms with Gasteiger partial charge in [0.25, 0.3) is 0 Å². The van der Waals surface area contributed by atoms with E-state index in [0.29, 0.717) is 5.91 Å². The number of hydrogen-bond donors (Lipinski definition) is 1. The number of aliphatic hydroxyl groups is 1. The molecule has 1 heterocycles. The molecule has 0 spiro atoms. The van der Waals surface area contributed by atoms with Gasteiger partial charge in [0, 0.05) is 26.1 Å². The topological polar surface area (TPSA) is 40.5 Å². The summed E-state index contributed by atoms with van der Waals surface area (Å²) >= 11 is 0. The van der Waals surface area contributed by atoms with Crippen LogP contribution in [0.2, 0.25) is 0 Å². The highest BCUT2D eigenvalue weighted by atomic mass is 16.3. The average Bonchev–Trinajstić information content (AvgIpc) is 2.37. The summed E-state index contributed by atoms with van der Waals surface area (Å²) in [4.78, 5) is 14.1. The van der Waals surface area contributed by atoms with Gasteiger partial charge < -0.3 is 10.0 Å². The first kappa shape index (κ1) is 13.9. The lowest BCUT2D eigenvalue weighted by Gasteiger charge is -2.40. The van der Waals surface area contributed by atoms with E-state index in [1.807, 2.05) is 4.90 Å². The Hall–Kier alpha value is -0.570. The van der Waals surface area contributed by atoms with E-state index in [-0.39, 0.29) is 12.0 Å². The molecule has 2 rings (SSSR count). The van der Waals surface area contributed by atoms with Crippen molar-refractivity contribution in [3.63, 3.8) is 0 Å². The second kappa shape index (κ2) is 6.05. The molecule has 18 heavy (non-hydrogen) atoms. The Balaban J connectivity index is 1.72. The second-order valence-corrected chi connectivity index (χ2v) is 6.23. The van der Waals surface area contributed by atoms with Crippen molar-refractivity contribution in [3.8, 4) is 0 Å². The van der Waals surface area contributed by atoms with Gasteiger partial charge >= 0.3 is 0 Å². The molecule has 2 aliphatic rings. The summed E-state index contributed by atoms with van der Waals surface area (Å²) in [7, 11) is 0. The Kier molecular flexibility index (Phi) is 4.66. The van der Waals surface area contributed by atoms with E-state index in [4.69, 9.17) is 0 Å². The molecule has 1 amide bonds. The number of carbonyl (C=O) groups excluding carboxylic acids is 1. The van der Waals surface area contributed by atoms with E-state index in [2.05, 4.69) is 6.92 Å². The van der Waals surface area contributed by atoms with E-state index in [1.54, 1.807) is 0 Å². The predicted octanol–water partition coefficient (Wildman–Crippen LogP) is 2.58. The van der Waals surface area contributed by atoms with Crippen LogP contribution in [0.5, 0.6) is 0 Å². The number of carbonyl (C=O) groups is 1. The van der Waals surface area contributed by atoms with Crippen LogP contribution in [0.4, 0.5) is 0 Å². The average molecular weight is 253 g/mol. The van der Waals surface area contributed by atoms with Crippen LogP contribution in [0, 0.1) is 11.3 Å². The zero-order valence-corrected chi connectivity index (χ0v) is 11.7. The van der Waals surface area contributed by atoms with Gasteiger partial charge in [0.2, 0.25) is 5.91 Å². The summed E-state index contributed by atoms with van der Waals surface area (Å²) < 4.78 is 0. The highest BCUT2D eigenvalue weighted by molar-refractivity contribution is 5.76. The molecule has 0 aromatic heterocycles. The Bertz CT molecular complexity index is 272. The molecule has 3 nitrogen and oxygen atoms in total. The smallest absolute Gasteiger partial charge is 0.222 e. The Morgan fingerprint density at radius 2 is 2.00 bits per heavy atom. The van der Waals surface area contributed by atoms with Crippen LogP contribution in [-0.2, 0) is 4.79 Å². The SMILES string of the molecule is CCC1(CO)CCN(C(=O)CCC2CCC2)CC1. The van der Waals surface area contributed by atoms with Crippen molar-refractivity contribution in [2.45, 2.75) is 58.3 Å². The molecule has 1 aliphatic heterocycles. The number of likely N-dealkylation sites (tertiary alicyclic amines) is 1.